The SMILES string of the molecule is CCCOc1ccc(-c2nc(C(=O)N3C[C@H]4CNC[C@H]4C3)cs2)cc1.Cl. The second kappa shape index (κ2) is 8.37. The number of carbonyl (C=O) groups is 1. The van der Waals surface area contributed by atoms with Crippen LogP contribution in [0.15, 0.2) is 29.6 Å². The third-order valence-corrected chi connectivity index (χ3v) is 5.87. The highest BCUT2D eigenvalue weighted by molar-refractivity contribution is 7.13. The first-order valence-corrected chi connectivity index (χ1v) is 9.81. The third-order valence-electron chi connectivity index (χ3n) is 4.97. The summed E-state index contributed by atoms with van der Waals surface area (Å²) < 4.78 is 5.61. The molecule has 2 fully saturated rings. The lowest BCUT2D eigenvalue weighted by Crippen LogP contribution is -2.32. The summed E-state index contributed by atoms with van der Waals surface area (Å²) in [7, 11) is 0. The lowest BCUT2D eigenvalue weighted by atomic mass is 10.0. The van der Waals surface area contributed by atoms with Gasteiger partial charge >= 0.3 is 0 Å². The minimum Gasteiger partial charge on any atom is -0.494 e. The molecule has 3 heterocycles. The quantitative estimate of drug-likeness (QED) is 0.846. The maximum atomic E-state index is 12.7. The van der Waals surface area contributed by atoms with Crippen LogP contribution in [-0.2, 0) is 0 Å². The van der Waals surface area contributed by atoms with Crippen molar-refractivity contribution in [2.45, 2.75) is 13.3 Å². The van der Waals surface area contributed by atoms with Crippen LogP contribution < -0.4 is 10.1 Å². The minimum absolute atomic E-state index is 0. The molecule has 140 valence electrons. The smallest absolute Gasteiger partial charge is 0.273 e. The molecule has 0 saturated carbocycles. The van der Waals surface area contributed by atoms with Gasteiger partial charge in [-0.25, -0.2) is 4.98 Å². The van der Waals surface area contributed by atoms with E-state index in [-0.39, 0.29) is 18.3 Å². The van der Waals surface area contributed by atoms with Gasteiger partial charge in [0.15, 0.2) is 0 Å². The van der Waals surface area contributed by atoms with Gasteiger partial charge in [-0.3, -0.25) is 4.79 Å². The maximum absolute atomic E-state index is 12.7. The molecule has 2 atom stereocenters. The fourth-order valence-electron chi connectivity index (χ4n) is 3.60. The summed E-state index contributed by atoms with van der Waals surface area (Å²) in [6.45, 7) is 6.58. The van der Waals surface area contributed by atoms with Gasteiger partial charge in [-0.05, 0) is 42.5 Å². The second-order valence-electron chi connectivity index (χ2n) is 6.80. The van der Waals surface area contributed by atoms with Crippen molar-refractivity contribution < 1.29 is 9.53 Å². The zero-order valence-corrected chi connectivity index (χ0v) is 16.4. The van der Waals surface area contributed by atoms with E-state index in [1.165, 1.54) is 11.3 Å². The predicted molar refractivity (Wildman–Crippen MR) is 106 cm³/mol. The van der Waals surface area contributed by atoms with Crippen LogP contribution >= 0.6 is 23.7 Å². The zero-order valence-electron chi connectivity index (χ0n) is 14.8. The highest BCUT2D eigenvalue weighted by atomic mass is 35.5. The van der Waals surface area contributed by atoms with Gasteiger partial charge < -0.3 is 15.0 Å². The molecule has 1 aromatic heterocycles. The van der Waals surface area contributed by atoms with E-state index in [2.05, 4.69) is 17.2 Å². The number of ether oxygens (including phenoxy) is 1. The van der Waals surface area contributed by atoms with Crippen molar-refractivity contribution in [3.05, 3.63) is 35.3 Å². The Hall–Kier alpha value is -1.63. The normalized spacial score (nSPS) is 21.3. The number of hydrogen-bond acceptors (Lipinski definition) is 5. The fraction of sp³-hybridized carbons (Fsp3) is 0.474. The van der Waals surface area contributed by atoms with E-state index in [0.717, 1.165) is 55.5 Å². The van der Waals surface area contributed by atoms with E-state index in [1.807, 2.05) is 34.5 Å². The standard InChI is InChI=1S/C19H23N3O2S.ClH/c1-2-7-24-16-5-3-13(4-6-16)18-21-17(12-25-18)19(23)22-10-14-8-20-9-15(14)11-22;/h3-6,12,14-15,20H,2,7-11H2,1H3;1H/t14-,15+;. The number of thiazole rings is 1. The number of nitrogens with zero attached hydrogens (tertiary/aromatic N) is 2. The van der Waals surface area contributed by atoms with E-state index in [0.29, 0.717) is 17.5 Å². The first-order valence-electron chi connectivity index (χ1n) is 8.93. The molecule has 2 saturated heterocycles. The summed E-state index contributed by atoms with van der Waals surface area (Å²) in [6.07, 6.45) is 0.994. The van der Waals surface area contributed by atoms with Crippen LogP contribution in [0.3, 0.4) is 0 Å². The summed E-state index contributed by atoms with van der Waals surface area (Å²) in [4.78, 5) is 19.3. The average Bonchev–Trinajstić information content (AvgIpc) is 3.35. The lowest BCUT2D eigenvalue weighted by Gasteiger charge is -2.15. The molecule has 7 heteroatoms. The number of rotatable bonds is 5. The van der Waals surface area contributed by atoms with Gasteiger partial charge in [0.05, 0.1) is 6.61 Å². The molecule has 26 heavy (non-hydrogen) atoms. The van der Waals surface area contributed by atoms with Crippen LogP contribution in [0.2, 0.25) is 0 Å². The number of amides is 1. The van der Waals surface area contributed by atoms with E-state index >= 15 is 0 Å². The van der Waals surface area contributed by atoms with Crippen molar-refractivity contribution in [3.8, 4) is 16.3 Å². The lowest BCUT2D eigenvalue weighted by molar-refractivity contribution is 0.0777. The molecule has 0 unspecified atom stereocenters. The summed E-state index contributed by atoms with van der Waals surface area (Å²) in [5.74, 6) is 2.16. The Morgan fingerprint density at radius 2 is 1.96 bits per heavy atom. The number of benzene rings is 1. The Kier molecular flexibility index (Phi) is 6.16. The summed E-state index contributed by atoms with van der Waals surface area (Å²) in [5, 5.41) is 6.17. The summed E-state index contributed by atoms with van der Waals surface area (Å²) >= 11 is 1.52. The van der Waals surface area contributed by atoms with Gasteiger partial charge in [0.2, 0.25) is 0 Å². The largest absolute Gasteiger partial charge is 0.494 e. The highest BCUT2D eigenvalue weighted by Crippen LogP contribution is 2.30. The highest BCUT2D eigenvalue weighted by Gasteiger charge is 2.38. The number of carbonyl (C=O) groups excluding carboxylic acids is 1. The predicted octanol–water partition coefficient (Wildman–Crippen LogP) is 3.31. The Bertz CT molecular complexity index is 737. The van der Waals surface area contributed by atoms with Gasteiger partial charge in [-0.2, -0.15) is 0 Å². The van der Waals surface area contributed by atoms with Gasteiger partial charge in [0, 0.05) is 37.1 Å². The topological polar surface area (TPSA) is 54.5 Å². The number of fused-ring (bicyclic) bond motifs is 1. The van der Waals surface area contributed by atoms with Crippen LogP contribution in [0.5, 0.6) is 5.75 Å². The van der Waals surface area contributed by atoms with Crippen LogP contribution in [0.4, 0.5) is 0 Å². The van der Waals surface area contributed by atoms with Crippen molar-refractivity contribution in [2.24, 2.45) is 11.8 Å². The number of halogens is 1. The molecule has 0 spiro atoms. The van der Waals surface area contributed by atoms with Gasteiger partial charge in [0.25, 0.3) is 5.91 Å². The van der Waals surface area contributed by atoms with Crippen molar-refractivity contribution in [3.63, 3.8) is 0 Å². The van der Waals surface area contributed by atoms with Gasteiger partial charge in [0.1, 0.15) is 16.5 Å². The maximum Gasteiger partial charge on any atom is 0.273 e. The number of hydrogen-bond donors (Lipinski definition) is 1. The Morgan fingerprint density at radius 1 is 1.27 bits per heavy atom. The molecule has 0 bridgehead atoms. The summed E-state index contributed by atoms with van der Waals surface area (Å²) in [5.41, 5.74) is 1.59. The molecular formula is C19H24ClN3O2S. The monoisotopic (exact) mass is 393 g/mol. The second-order valence-corrected chi connectivity index (χ2v) is 7.66. The van der Waals surface area contributed by atoms with Crippen LogP contribution in [0.1, 0.15) is 23.8 Å². The van der Waals surface area contributed by atoms with Crippen molar-refractivity contribution >= 4 is 29.7 Å². The molecule has 4 rings (SSSR count). The Morgan fingerprint density at radius 3 is 2.62 bits per heavy atom. The molecule has 5 nitrogen and oxygen atoms in total. The minimum atomic E-state index is 0. The average molecular weight is 394 g/mol. The molecule has 2 aliphatic rings. The third kappa shape index (κ3) is 3.87. The molecule has 1 amide bonds. The van der Waals surface area contributed by atoms with E-state index in [4.69, 9.17) is 4.74 Å². The first-order chi connectivity index (χ1) is 12.2. The molecule has 2 aliphatic heterocycles. The van der Waals surface area contributed by atoms with Crippen molar-refractivity contribution in [1.82, 2.24) is 15.2 Å². The van der Waals surface area contributed by atoms with Crippen molar-refractivity contribution in [1.29, 1.82) is 0 Å². The zero-order chi connectivity index (χ0) is 17.2. The van der Waals surface area contributed by atoms with Crippen molar-refractivity contribution in [2.75, 3.05) is 32.8 Å². The van der Waals surface area contributed by atoms with E-state index in [9.17, 15) is 4.79 Å². The summed E-state index contributed by atoms with van der Waals surface area (Å²) in [6, 6.07) is 7.93. The molecule has 0 radical (unpaired) electrons. The number of aromatic nitrogens is 1. The molecule has 0 aliphatic carbocycles. The molecular weight excluding hydrogens is 370 g/mol. The van der Waals surface area contributed by atoms with Gasteiger partial charge in [-0.15, -0.1) is 23.7 Å². The van der Waals surface area contributed by atoms with E-state index in [1.54, 1.807) is 0 Å². The van der Waals surface area contributed by atoms with E-state index < -0.39 is 0 Å². The number of likely N-dealkylation sites (tertiary alicyclic amines) is 1. The Balaban J connectivity index is 0.00000196. The Labute approximate surface area is 164 Å². The van der Waals surface area contributed by atoms with Gasteiger partial charge in [-0.1, -0.05) is 6.92 Å². The molecule has 2 aromatic rings. The molecule has 1 aromatic carbocycles. The van der Waals surface area contributed by atoms with Crippen LogP contribution in [0.25, 0.3) is 10.6 Å². The first kappa shape index (κ1) is 19.1. The molecule has 1 N–H and O–H groups in total. The number of nitrogens with one attached hydrogen (secondary N) is 1. The van der Waals surface area contributed by atoms with Crippen LogP contribution in [-0.4, -0.2) is 48.6 Å². The van der Waals surface area contributed by atoms with Crippen LogP contribution in [0, 0.1) is 11.8 Å². The fourth-order valence-corrected chi connectivity index (χ4v) is 4.40.